The van der Waals surface area contributed by atoms with Gasteiger partial charge in [-0.05, 0) is 37.3 Å². The molecule has 144 valence electrons. The molecule has 1 aromatic heterocycles. The number of aromatic nitrogens is 1. The first-order valence-electron chi connectivity index (χ1n) is 8.95. The Morgan fingerprint density at radius 1 is 1.14 bits per heavy atom. The van der Waals surface area contributed by atoms with Gasteiger partial charge in [-0.3, -0.25) is 9.59 Å². The molecule has 0 aliphatic heterocycles. The summed E-state index contributed by atoms with van der Waals surface area (Å²) in [5.74, 6) is 0.264. The second-order valence-corrected chi connectivity index (χ2v) is 6.37. The van der Waals surface area contributed by atoms with Crippen molar-refractivity contribution in [3.05, 3.63) is 71.9 Å². The maximum Gasteiger partial charge on any atom is 0.253 e. The predicted octanol–water partition coefficient (Wildman–Crippen LogP) is 3.42. The summed E-state index contributed by atoms with van der Waals surface area (Å²) >= 11 is 0. The van der Waals surface area contributed by atoms with Crippen molar-refractivity contribution in [2.75, 3.05) is 19.0 Å². The van der Waals surface area contributed by atoms with Gasteiger partial charge in [-0.2, -0.15) is 0 Å². The Labute approximate surface area is 163 Å². The van der Waals surface area contributed by atoms with E-state index < -0.39 is 0 Å². The van der Waals surface area contributed by atoms with Gasteiger partial charge >= 0.3 is 0 Å². The smallest absolute Gasteiger partial charge is 0.253 e. The van der Waals surface area contributed by atoms with Crippen molar-refractivity contribution in [2.24, 2.45) is 7.05 Å². The fraction of sp³-hybridized carbons (Fsp3) is 0.182. The van der Waals surface area contributed by atoms with Crippen LogP contribution in [-0.4, -0.2) is 30.0 Å². The van der Waals surface area contributed by atoms with Crippen LogP contribution in [0.4, 0.5) is 5.69 Å². The lowest BCUT2D eigenvalue weighted by Gasteiger charge is -2.04. The van der Waals surface area contributed by atoms with Crippen molar-refractivity contribution in [1.82, 2.24) is 9.88 Å². The van der Waals surface area contributed by atoms with E-state index in [-0.39, 0.29) is 18.4 Å². The summed E-state index contributed by atoms with van der Waals surface area (Å²) in [5, 5.41) is 6.43. The summed E-state index contributed by atoms with van der Waals surface area (Å²) in [7, 11) is 3.52. The average molecular weight is 377 g/mol. The van der Waals surface area contributed by atoms with E-state index in [1.165, 1.54) is 6.08 Å². The van der Waals surface area contributed by atoms with Crippen LogP contribution in [0.1, 0.15) is 16.1 Å². The summed E-state index contributed by atoms with van der Waals surface area (Å²) in [4.78, 5) is 24.6. The lowest BCUT2D eigenvalue weighted by atomic mass is 10.1. The molecule has 0 saturated carbocycles. The highest BCUT2D eigenvalue weighted by atomic mass is 16.5. The van der Waals surface area contributed by atoms with Gasteiger partial charge in [0, 0.05) is 42.0 Å². The van der Waals surface area contributed by atoms with E-state index in [2.05, 4.69) is 10.6 Å². The van der Waals surface area contributed by atoms with Crippen molar-refractivity contribution in [3.63, 3.8) is 0 Å². The maximum absolute atomic E-state index is 12.7. The molecular formula is C22H23N3O3. The number of ether oxygens (including phenoxy) is 1. The predicted molar refractivity (Wildman–Crippen MR) is 111 cm³/mol. The Hall–Kier alpha value is -3.54. The Kier molecular flexibility index (Phi) is 5.79. The highest BCUT2D eigenvalue weighted by Gasteiger charge is 2.18. The minimum atomic E-state index is -0.244. The van der Waals surface area contributed by atoms with Crippen LogP contribution in [0.25, 0.3) is 10.9 Å². The number of hydrogen-bond acceptors (Lipinski definition) is 3. The molecule has 0 fully saturated rings. The van der Waals surface area contributed by atoms with Gasteiger partial charge in [0.05, 0.1) is 12.7 Å². The van der Waals surface area contributed by atoms with Crippen LogP contribution in [0.2, 0.25) is 0 Å². The van der Waals surface area contributed by atoms with Crippen LogP contribution in [0, 0.1) is 6.92 Å². The monoisotopic (exact) mass is 377 g/mol. The number of benzene rings is 2. The highest BCUT2D eigenvalue weighted by Crippen LogP contribution is 2.28. The van der Waals surface area contributed by atoms with Crippen LogP contribution in [0.15, 0.2) is 60.7 Å². The van der Waals surface area contributed by atoms with Crippen LogP contribution in [0.3, 0.4) is 0 Å². The van der Waals surface area contributed by atoms with E-state index >= 15 is 0 Å². The molecule has 0 aliphatic carbocycles. The standard InChI is InChI=1S/C22H23N3O3/c1-15-21(18-14-17(28-3)11-12-19(18)25(15)2)22(27)23-13-7-10-20(26)24-16-8-5-4-6-9-16/h4-12,14H,13H2,1-3H3,(H,23,27)(H,24,26)/b10-7+. The number of nitrogens with zero attached hydrogens (tertiary/aromatic N) is 1. The fourth-order valence-corrected chi connectivity index (χ4v) is 3.08. The summed E-state index contributed by atoms with van der Waals surface area (Å²) in [6.07, 6.45) is 3.03. The largest absolute Gasteiger partial charge is 0.497 e. The van der Waals surface area contributed by atoms with Gasteiger partial charge in [0.15, 0.2) is 0 Å². The number of methoxy groups -OCH3 is 1. The molecule has 3 rings (SSSR count). The number of carbonyl (C=O) groups excluding carboxylic acids is 2. The van der Waals surface area contributed by atoms with Gasteiger partial charge < -0.3 is 19.9 Å². The number of para-hydroxylation sites is 1. The number of nitrogens with one attached hydrogen (secondary N) is 2. The maximum atomic E-state index is 12.7. The number of aryl methyl sites for hydroxylation is 1. The molecule has 0 atom stereocenters. The van der Waals surface area contributed by atoms with Crippen molar-refractivity contribution in [2.45, 2.75) is 6.92 Å². The van der Waals surface area contributed by atoms with Crippen molar-refractivity contribution < 1.29 is 14.3 Å². The van der Waals surface area contributed by atoms with Crippen molar-refractivity contribution >= 4 is 28.4 Å². The highest BCUT2D eigenvalue weighted by molar-refractivity contribution is 6.09. The average Bonchev–Trinajstić information content (AvgIpc) is 2.95. The minimum absolute atomic E-state index is 0.190. The molecule has 2 aromatic carbocycles. The number of amides is 2. The second kappa shape index (κ2) is 8.43. The Morgan fingerprint density at radius 3 is 2.61 bits per heavy atom. The molecule has 0 unspecified atom stereocenters. The van der Waals surface area contributed by atoms with Crippen LogP contribution in [0.5, 0.6) is 5.75 Å². The number of carbonyl (C=O) groups is 2. The van der Waals surface area contributed by atoms with Crippen LogP contribution < -0.4 is 15.4 Å². The molecule has 0 radical (unpaired) electrons. The molecule has 2 amide bonds. The van der Waals surface area contributed by atoms with E-state index in [0.717, 1.165) is 22.3 Å². The molecule has 2 N–H and O–H groups in total. The summed E-state index contributed by atoms with van der Waals surface area (Å²) < 4.78 is 7.26. The first-order valence-corrected chi connectivity index (χ1v) is 8.95. The van der Waals surface area contributed by atoms with E-state index in [1.807, 2.05) is 67.1 Å². The number of hydrogen-bond donors (Lipinski definition) is 2. The Balaban J connectivity index is 1.66. The lowest BCUT2D eigenvalue weighted by Crippen LogP contribution is -2.24. The second-order valence-electron chi connectivity index (χ2n) is 6.37. The molecule has 6 nitrogen and oxygen atoms in total. The summed E-state index contributed by atoms with van der Waals surface area (Å²) in [6, 6.07) is 14.9. The van der Waals surface area contributed by atoms with Gasteiger partial charge in [-0.1, -0.05) is 24.3 Å². The van der Waals surface area contributed by atoms with Gasteiger partial charge in [0.25, 0.3) is 5.91 Å². The molecule has 0 aliphatic rings. The first kappa shape index (κ1) is 19.2. The fourth-order valence-electron chi connectivity index (χ4n) is 3.08. The molecule has 3 aromatic rings. The van der Waals surface area contributed by atoms with Crippen molar-refractivity contribution in [1.29, 1.82) is 0 Å². The van der Waals surface area contributed by atoms with E-state index in [4.69, 9.17) is 4.74 Å². The Morgan fingerprint density at radius 2 is 1.89 bits per heavy atom. The molecule has 0 bridgehead atoms. The van der Waals surface area contributed by atoms with Crippen LogP contribution in [-0.2, 0) is 11.8 Å². The van der Waals surface area contributed by atoms with Crippen LogP contribution >= 0.6 is 0 Å². The lowest BCUT2D eigenvalue weighted by molar-refractivity contribution is -0.111. The third kappa shape index (κ3) is 4.06. The first-order chi connectivity index (χ1) is 13.5. The topological polar surface area (TPSA) is 72.4 Å². The third-order valence-electron chi connectivity index (χ3n) is 4.62. The number of fused-ring (bicyclic) bond motifs is 1. The molecule has 28 heavy (non-hydrogen) atoms. The zero-order chi connectivity index (χ0) is 20.1. The number of anilines is 1. The summed E-state index contributed by atoms with van der Waals surface area (Å²) in [5.41, 5.74) is 3.16. The van der Waals surface area contributed by atoms with E-state index in [0.29, 0.717) is 11.3 Å². The number of rotatable bonds is 6. The zero-order valence-electron chi connectivity index (χ0n) is 16.2. The molecule has 1 heterocycles. The summed E-state index contributed by atoms with van der Waals surface area (Å²) in [6.45, 7) is 2.16. The quantitative estimate of drug-likeness (QED) is 0.647. The molecule has 6 heteroatoms. The van der Waals surface area contributed by atoms with Gasteiger partial charge in [-0.25, -0.2) is 0 Å². The Bertz CT molecular complexity index is 1040. The van der Waals surface area contributed by atoms with Gasteiger partial charge in [0.1, 0.15) is 5.75 Å². The zero-order valence-corrected chi connectivity index (χ0v) is 16.2. The minimum Gasteiger partial charge on any atom is -0.497 e. The molecule has 0 saturated heterocycles. The van der Waals surface area contributed by atoms with Crippen molar-refractivity contribution in [3.8, 4) is 5.75 Å². The SMILES string of the molecule is COc1ccc2c(c1)c(C(=O)NC/C=C/C(=O)Nc1ccccc1)c(C)n2C. The van der Waals surface area contributed by atoms with E-state index in [1.54, 1.807) is 13.2 Å². The van der Waals surface area contributed by atoms with Gasteiger partial charge in [-0.15, -0.1) is 0 Å². The van der Waals surface area contributed by atoms with Gasteiger partial charge in [0.2, 0.25) is 5.91 Å². The molecular weight excluding hydrogens is 354 g/mol. The normalized spacial score (nSPS) is 11.0. The van der Waals surface area contributed by atoms with E-state index in [9.17, 15) is 9.59 Å². The molecule has 0 spiro atoms. The third-order valence-corrected chi connectivity index (χ3v) is 4.62.